The predicted molar refractivity (Wildman–Crippen MR) is 83.4 cm³/mol. The third kappa shape index (κ3) is 3.00. The minimum Gasteiger partial charge on any atom is -0.495 e. The molecule has 0 unspecified atom stereocenters. The van der Waals surface area contributed by atoms with E-state index in [1.54, 1.807) is 13.2 Å². The molecule has 0 radical (unpaired) electrons. The number of para-hydroxylation sites is 2. The summed E-state index contributed by atoms with van der Waals surface area (Å²) in [7, 11) is 1.61. The van der Waals surface area contributed by atoms with Gasteiger partial charge in [-0.1, -0.05) is 12.1 Å². The summed E-state index contributed by atoms with van der Waals surface area (Å²) in [6.07, 6.45) is 3.52. The molecule has 2 aromatic rings. The summed E-state index contributed by atoms with van der Waals surface area (Å²) < 4.78 is 5.30. The number of benzene rings is 1. The fourth-order valence-corrected chi connectivity index (χ4v) is 2.51. The van der Waals surface area contributed by atoms with E-state index in [1.165, 1.54) is 6.33 Å². The number of amides is 1. The van der Waals surface area contributed by atoms with Gasteiger partial charge in [0, 0.05) is 19.2 Å². The van der Waals surface area contributed by atoms with E-state index < -0.39 is 0 Å². The Balaban J connectivity index is 1.80. The highest BCUT2D eigenvalue weighted by atomic mass is 16.5. The molecule has 1 fully saturated rings. The molecule has 3 rings (SSSR count). The van der Waals surface area contributed by atoms with Gasteiger partial charge in [0.1, 0.15) is 23.6 Å². The molecule has 1 amide bonds. The molecule has 0 aliphatic carbocycles. The number of methoxy groups -OCH3 is 1. The highest BCUT2D eigenvalue weighted by Crippen LogP contribution is 2.26. The summed E-state index contributed by atoms with van der Waals surface area (Å²) in [5.74, 6) is 1.25. The summed E-state index contributed by atoms with van der Waals surface area (Å²) in [6.45, 7) is 1.61. The quantitative estimate of drug-likeness (QED) is 0.939. The largest absolute Gasteiger partial charge is 0.495 e. The molecule has 6 heteroatoms. The molecule has 114 valence electrons. The number of carbonyl (C=O) groups excluding carboxylic acids is 1. The first-order valence-corrected chi connectivity index (χ1v) is 7.29. The topological polar surface area (TPSA) is 67.3 Å². The zero-order valence-corrected chi connectivity index (χ0v) is 12.5. The van der Waals surface area contributed by atoms with E-state index in [0.29, 0.717) is 17.3 Å². The Morgan fingerprint density at radius 3 is 2.77 bits per heavy atom. The van der Waals surface area contributed by atoms with E-state index in [-0.39, 0.29) is 5.91 Å². The van der Waals surface area contributed by atoms with Crippen LogP contribution < -0.4 is 10.1 Å². The second kappa shape index (κ2) is 6.43. The Kier molecular flexibility index (Phi) is 4.18. The fraction of sp³-hybridized carbons (Fsp3) is 0.312. The molecule has 0 spiro atoms. The highest BCUT2D eigenvalue weighted by Gasteiger charge is 2.21. The second-order valence-corrected chi connectivity index (χ2v) is 5.11. The normalized spacial score (nSPS) is 14.0. The number of nitrogens with zero attached hydrogens (tertiary/aromatic N) is 3. The van der Waals surface area contributed by atoms with Crippen LogP contribution in [0.3, 0.4) is 0 Å². The Labute approximate surface area is 129 Å². The highest BCUT2D eigenvalue weighted by molar-refractivity contribution is 5.93. The molecular weight excluding hydrogens is 280 g/mol. The Morgan fingerprint density at radius 1 is 1.23 bits per heavy atom. The fourth-order valence-electron chi connectivity index (χ4n) is 2.51. The van der Waals surface area contributed by atoms with Crippen molar-refractivity contribution in [3.63, 3.8) is 0 Å². The van der Waals surface area contributed by atoms with Crippen molar-refractivity contribution in [2.45, 2.75) is 12.8 Å². The predicted octanol–water partition coefficient (Wildman–Crippen LogP) is 2.46. The number of rotatable bonds is 4. The van der Waals surface area contributed by atoms with Crippen molar-refractivity contribution in [2.24, 2.45) is 0 Å². The maximum Gasteiger partial charge on any atom is 0.272 e. The van der Waals surface area contributed by atoms with Crippen LogP contribution in [0.2, 0.25) is 0 Å². The van der Waals surface area contributed by atoms with E-state index in [2.05, 4.69) is 15.3 Å². The molecule has 0 bridgehead atoms. The van der Waals surface area contributed by atoms with Crippen LogP contribution in [-0.2, 0) is 0 Å². The SMILES string of the molecule is COc1ccccc1Nc1cc(C(=O)N2CCCC2)ncn1. The minimum atomic E-state index is -0.0389. The van der Waals surface area contributed by atoms with Crippen molar-refractivity contribution >= 4 is 17.4 Å². The van der Waals surface area contributed by atoms with Crippen LogP contribution in [0.25, 0.3) is 0 Å². The van der Waals surface area contributed by atoms with Gasteiger partial charge in [-0.15, -0.1) is 0 Å². The van der Waals surface area contributed by atoms with Gasteiger partial charge in [-0.3, -0.25) is 4.79 Å². The zero-order valence-electron chi connectivity index (χ0n) is 12.5. The molecule has 1 aromatic heterocycles. The maximum atomic E-state index is 12.4. The Hall–Kier alpha value is -2.63. The molecule has 1 N–H and O–H groups in total. The number of hydrogen-bond acceptors (Lipinski definition) is 5. The first kappa shape index (κ1) is 14.3. The summed E-state index contributed by atoms with van der Waals surface area (Å²) in [5.41, 5.74) is 1.21. The molecule has 1 aliphatic heterocycles. The average Bonchev–Trinajstić information content (AvgIpc) is 3.09. The van der Waals surface area contributed by atoms with Gasteiger partial charge < -0.3 is 15.0 Å². The number of ether oxygens (including phenoxy) is 1. The van der Waals surface area contributed by atoms with Crippen LogP contribution in [0.4, 0.5) is 11.5 Å². The van der Waals surface area contributed by atoms with Crippen LogP contribution in [0.15, 0.2) is 36.7 Å². The second-order valence-electron chi connectivity index (χ2n) is 5.11. The lowest BCUT2D eigenvalue weighted by Crippen LogP contribution is -2.28. The van der Waals surface area contributed by atoms with Gasteiger partial charge in [0.05, 0.1) is 12.8 Å². The number of nitrogens with one attached hydrogen (secondary N) is 1. The van der Waals surface area contributed by atoms with E-state index in [1.807, 2.05) is 29.2 Å². The molecule has 1 aliphatic rings. The molecule has 0 saturated carbocycles. The van der Waals surface area contributed by atoms with Crippen molar-refractivity contribution in [1.29, 1.82) is 0 Å². The van der Waals surface area contributed by atoms with E-state index in [9.17, 15) is 4.79 Å². The number of aromatic nitrogens is 2. The van der Waals surface area contributed by atoms with Crippen LogP contribution in [0.5, 0.6) is 5.75 Å². The first-order valence-electron chi connectivity index (χ1n) is 7.29. The summed E-state index contributed by atoms with van der Waals surface area (Å²) in [5, 5.41) is 3.16. The molecule has 0 atom stereocenters. The lowest BCUT2D eigenvalue weighted by atomic mass is 10.3. The van der Waals surface area contributed by atoms with Crippen molar-refractivity contribution < 1.29 is 9.53 Å². The number of hydrogen-bond donors (Lipinski definition) is 1. The number of likely N-dealkylation sites (tertiary alicyclic amines) is 1. The smallest absolute Gasteiger partial charge is 0.272 e. The van der Waals surface area contributed by atoms with E-state index >= 15 is 0 Å². The number of carbonyl (C=O) groups is 1. The Bertz CT molecular complexity index is 669. The van der Waals surface area contributed by atoms with Crippen molar-refractivity contribution in [3.05, 3.63) is 42.4 Å². The van der Waals surface area contributed by atoms with Gasteiger partial charge in [0.2, 0.25) is 0 Å². The standard InChI is InChI=1S/C16H18N4O2/c1-22-14-7-3-2-6-12(14)19-15-10-13(17-11-18-15)16(21)20-8-4-5-9-20/h2-3,6-7,10-11H,4-5,8-9H2,1H3,(H,17,18,19). The molecule has 1 aromatic carbocycles. The molecule has 22 heavy (non-hydrogen) atoms. The van der Waals surface area contributed by atoms with Gasteiger partial charge in [-0.25, -0.2) is 9.97 Å². The lowest BCUT2D eigenvalue weighted by Gasteiger charge is -2.15. The average molecular weight is 298 g/mol. The number of anilines is 2. The summed E-state index contributed by atoms with van der Waals surface area (Å²) >= 11 is 0. The minimum absolute atomic E-state index is 0.0389. The van der Waals surface area contributed by atoms with Crippen LogP contribution in [0.1, 0.15) is 23.3 Å². The summed E-state index contributed by atoms with van der Waals surface area (Å²) in [6, 6.07) is 9.23. The molecule has 1 saturated heterocycles. The van der Waals surface area contributed by atoms with Gasteiger partial charge in [0.15, 0.2) is 0 Å². The van der Waals surface area contributed by atoms with Crippen LogP contribution >= 0.6 is 0 Å². The monoisotopic (exact) mass is 298 g/mol. The van der Waals surface area contributed by atoms with Crippen molar-refractivity contribution in [3.8, 4) is 5.75 Å². The first-order chi connectivity index (χ1) is 10.8. The van der Waals surface area contributed by atoms with Gasteiger partial charge >= 0.3 is 0 Å². The maximum absolute atomic E-state index is 12.4. The summed E-state index contributed by atoms with van der Waals surface area (Å²) in [4.78, 5) is 22.5. The van der Waals surface area contributed by atoms with Crippen LogP contribution in [0, 0.1) is 0 Å². The van der Waals surface area contributed by atoms with Crippen molar-refractivity contribution in [2.75, 3.05) is 25.5 Å². The Morgan fingerprint density at radius 2 is 2.00 bits per heavy atom. The van der Waals surface area contributed by atoms with E-state index in [4.69, 9.17) is 4.74 Å². The lowest BCUT2D eigenvalue weighted by molar-refractivity contribution is 0.0787. The van der Waals surface area contributed by atoms with Gasteiger partial charge in [0.25, 0.3) is 5.91 Å². The van der Waals surface area contributed by atoms with E-state index in [0.717, 1.165) is 31.6 Å². The zero-order chi connectivity index (χ0) is 15.4. The van der Waals surface area contributed by atoms with Crippen LogP contribution in [-0.4, -0.2) is 41.0 Å². The molecular formula is C16H18N4O2. The third-order valence-electron chi connectivity index (χ3n) is 3.65. The third-order valence-corrected chi connectivity index (χ3v) is 3.65. The van der Waals surface area contributed by atoms with Crippen molar-refractivity contribution in [1.82, 2.24) is 14.9 Å². The molecule has 2 heterocycles. The molecule has 6 nitrogen and oxygen atoms in total. The van der Waals surface area contributed by atoms with Gasteiger partial charge in [-0.05, 0) is 25.0 Å². The van der Waals surface area contributed by atoms with Gasteiger partial charge in [-0.2, -0.15) is 0 Å².